The molecule has 0 bridgehead atoms. The summed E-state index contributed by atoms with van der Waals surface area (Å²) in [5.41, 5.74) is 0.861. The van der Waals surface area contributed by atoms with Gasteiger partial charge in [-0.15, -0.1) is 0 Å². The highest BCUT2D eigenvalue weighted by atomic mass is 16.7. The Morgan fingerprint density at radius 1 is 1.13 bits per heavy atom. The number of carbonyl (C=O) groups is 2. The first-order valence-corrected chi connectivity index (χ1v) is 10.7. The minimum Gasteiger partial charge on any atom is -0.466 e. The van der Waals surface area contributed by atoms with E-state index in [1.807, 2.05) is 49.4 Å². The van der Waals surface area contributed by atoms with Gasteiger partial charge in [-0.1, -0.05) is 42.5 Å². The summed E-state index contributed by atoms with van der Waals surface area (Å²) in [6, 6.07) is 15.2. The smallest absolute Gasteiger partial charge is 0.314 e. The van der Waals surface area contributed by atoms with Crippen molar-refractivity contribution >= 4 is 18.0 Å². The van der Waals surface area contributed by atoms with Crippen LogP contribution in [0.3, 0.4) is 0 Å². The fourth-order valence-electron chi connectivity index (χ4n) is 4.20. The standard InChI is InChI=1S/C25H27NO5/c1-2-29-24(28)25(13-6-10-19-8-4-3-5-9-19)14-7-15-26(17-25)23(27)20-11-12-21-22(16-20)31-18-30-21/h3-6,8-12,16H,2,7,13-15,17-18H2,1H3. The molecule has 2 aromatic carbocycles. The van der Waals surface area contributed by atoms with Gasteiger partial charge in [-0.2, -0.15) is 0 Å². The number of amides is 1. The zero-order valence-electron chi connectivity index (χ0n) is 17.7. The fraction of sp³-hybridized carbons (Fsp3) is 0.360. The van der Waals surface area contributed by atoms with Gasteiger partial charge >= 0.3 is 5.97 Å². The Kier molecular flexibility index (Phi) is 6.26. The summed E-state index contributed by atoms with van der Waals surface area (Å²) in [5.74, 6) is 0.863. The van der Waals surface area contributed by atoms with Gasteiger partial charge in [0.25, 0.3) is 5.91 Å². The van der Waals surface area contributed by atoms with Crippen molar-refractivity contribution in [1.29, 1.82) is 0 Å². The van der Waals surface area contributed by atoms with E-state index in [-0.39, 0.29) is 18.7 Å². The van der Waals surface area contributed by atoms with Gasteiger partial charge in [0.15, 0.2) is 11.5 Å². The van der Waals surface area contributed by atoms with E-state index in [0.717, 1.165) is 12.0 Å². The van der Waals surface area contributed by atoms with Crippen LogP contribution in [-0.2, 0) is 9.53 Å². The average molecular weight is 421 g/mol. The van der Waals surface area contributed by atoms with Crippen LogP contribution in [0.4, 0.5) is 0 Å². The van der Waals surface area contributed by atoms with Crippen LogP contribution in [0.1, 0.15) is 42.1 Å². The molecule has 0 N–H and O–H groups in total. The number of piperidine rings is 1. The Balaban J connectivity index is 1.53. The minimum absolute atomic E-state index is 0.112. The Morgan fingerprint density at radius 2 is 1.94 bits per heavy atom. The normalized spacial score (nSPS) is 20.1. The van der Waals surface area contributed by atoms with Crippen molar-refractivity contribution in [3.05, 3.63) is 65.7 Å². The predicted octanol–water partition coefficient (Wildman–Crippen LogP) is 4.30. The molecule has 0 aliphatic carbocycles. The lowest BCUT2D eigenvalue weighted by molar-refractivity contribution is -0.158. The molecule has 0 saturated carbocycles. The van der Waals surface area contributed by atoms with Gasteiger partial charge in [0, 0.05) is 18.7 Å². The zero-order valence-corrected chi connectivity index (χ0v) is 17.7. The lowest BCUT2D eigenvalue weighted by Crippen LogP contribution is -2.50. The summed E-state index contributed by atoms with van der Waals surface area (Å²) in [7, 11) is 0. The molecule has 162 valence electrons. The molecule has 4 rings (SSSR count). The lowest BCUT2D eigenvalue weighted by atomic mass is 9.76. The molecule has 1 unspecified atom stereocenters. The van der Waals surface area contributed by atoms with Gasteiger partial charge in [0.1, 0.15) is 0 Å². The van der Waals surface area contributed by atoms with Crippen LogP contribution in [0, 0.1) is 5.41 Å². The topological polar surface area (TPSA) is 65.1 Å². The van der Waals surface area contributed by atoms with E-state index in [0.29, 0.717) is 49.6 Å². The molecule has 0 spiro atoms. The second-order valence-corrected chi connectivity index (χ2v) is 7.92. The molecular formula is C25H27NO5. The van der Waals surface area contributed by atoms with E-state index >= 15 is 0 Å². The Labute approximate surface area is 182 Å². The molecule has 2 aromatic rings. The molecule has 1 atom stereocenters. The molecule has 2 heterocycles. The highest BCUT2D eigenvalue weighted by Crippen LogP contribution is 2.37. The van der Waals surface area contributed by atoms with Crippen LogP contribution < -0.4 is 9.47 Å². The number of rotatable bonds is 6. The number of benzene rings is 2. The SMILES string of the molecule is CCOC(=O)C1(CC=Cc2ccccc2)CCCN(C(=O)c2ccc3c(c2)OCO3)C1. The summed E-state index contributed by atoms with van der Waals surface area (Å²) in [4.78, 5) is 28.0. The molecule has 6 nitrogen and oxygen atoms in total. The first-order chi connectivity index (χ1) is 15.1. The second kappa shape index (κ2) is 9.25. The number of hydrogen-bond acceptors (Lipinski definition) is 5. The quantitative estimate of drug-likeness (QED) is 0.651. The highest BCUT2D eigenvalue weighted by molar-refractivity contribution is 5.95. The largest absolute Gasteiger partial charge is 0.466 e. The zero-order chi connectivity index (χ0) is 21.7. The first-order valence-electron chi connectivity index (χ1n) is 10.7. The van der Waals surface area contributed by atoms with E-state index in [1.165, 1.54) is 0 Å². The third-order valence-electron chi connectivity index (χ3n) is 5.81. The molecule has 1 amide bonds. The molecule has 1 fully saturated rings. The number of nitrogens with zero attached hydrogens (tertiary/aromatic N) is 1. The Morgan fingerprint density at radius 3 is 2.74 bits per heavy atom. The number of allylic oxidation sites excluding steroid dienone is 1. The molecular weight excluding hydrogens is 394 g/mol. The van der Waals surface area contributed by atoms with Crippen molar-refractivity contribution < 1.29 is 23.8 Å². The molecule has 2 aliphatic rings. The molecule has 2 aliphatic heterocycles. The van der Waals surface area contributed by atoms with Crippen LogP contribution >= 0.6 is 0 Å². The highest BCUT2D eigenvalue weighted by Gasteiger charge is 2.44. The molecule has 0 aromatic heterocycles. The maximum absolute atomic E-state index is 13.2. The van der Waals surface area contributed by atoms with Crippen LogP contribution in [0.5, 0.6) is 11.5 Å². The van der Waals surface area contributed by atoms with Crippen molar-refractivity contribution in [3.63, 3.8) is 0 Å². The third kappa shape index (κ3) is 4.58. The lowest BCUT2D eigenvalue weighted by Gasteiger charge is -2.40. The van der Waals surface area contributed by atoms with Crippen LogP contribution in [0.15, 0.2) is 54.6 Å². The van der Waals surface area contributed by atoms with Crippen LogP contribution in [0.2, 0.25) is 0 Å². The van der Waals surface area contributed by atoms with Crippen molar-refractivity contribution in [3.8, 4) is 11.5 Å². The van der Waals surface area contributed by atoms with Gasteiger partial charge in [0.2, 0.25) is 6.79 Å². The van der Waals surface area contributed by atoms with Gasteiger partial charge < -0.3 is 19.1 Å². The molecule has 1 saturated heterocycles. The van der Waals surface area contributed by atoms with Gasteiger partial charge in [0.05, 0.1) is 12.0 Å². The maximum Gasteiger partial charge on any atom is 0.314 e. The van der Waals surface area contributed by atoms with E-state index < -0.39 is 5.41 Å². The monoisotopic (exact) mass is 421 g/mol. The fourth-order valence-corrected chi connectivity index (χ4v) is 4.20. The number of fused-ring (bicyclic) bond motifs is 1. The number of hydrogen-bond donors (Lipinski definition) is 0. The third-order valence-corrected chi connectivity index (χ3v) is 5.81. The van der Waals surface area contributed by atoms with Crippen molar-refractivity contribution in [1.82, 2.24) is 4.90 Å². The van der Waals surface area contributed by atoms with Crippen LogP contribution in [0.25, 0.3) is 6.08 Å². The van der Waals surface area contributed by atoms with Gasteiger partial charge in [-0.25, -0.2) is 0 Å². The van der Waals surface area contributed by atoms with E-state index in [2.05, 4.69) is 0 Å². The Bertz CT molecular complexity index is 971. The summed E-state index contributed by atoms with van der Waals surface area (Å²) >= 11 is 0. The first kappa shape index (κ1) is 21.0. The number of likely N-dealkylation sites (tertiary alicyclic amines) is 1. The predicted molar refractivity (Wildman–Crippen MR) is 117 cm³/mol. The summed E-state index contributed by atoms with van der Waals surface area (Å²) in [6.45, 7) is 3.23. The second-order valence-electron chi connectivity index (χ2n) is 7.92. The van der Waals surface area contributed by atoms with E-state index in [1.54, 1.807) is 23.1 Å². The summed E-state index contributed by atoms with van der Waals surface area (Å²) in [6.07, 6.45) is 5.98. The summed E-state index contributed by atoms with van der Waals surface area (Å²) < 4.78 is 16.2. The number of esters is 1. The van der Waals surface area contributed by atoms with Crippen molar-refractivity contribution in [2.45, 2.75) is 26.2 Å². The van der Waals surface area contributed by atoms with Crippen LogP contribution in [-0.4, -0.2) is 43.3 Å². The van der Waals surface area contributed by atoms with Gasteiger partial charge in [-0.3, -0.25) is 9.59 Å². The van der Waals surface area contributed by atoms with Gasteiger partial charge in [-0.05, 0) is 49.9 Å². The summed E-state index contributed by atoms with van der Waals surface area (Å²) in [5, 5.41) is 0. The Hall–Kier alpha value is -3.28. The van der Waals surface area contributed by atoms with Crippen molar-refractivity contribution in [2.24, 2.45) is 5.41 Å². The number of ether oxygens (including phenoxy) is 3. The maximum atomic E-state index is 13.2. The molecule has 0 radical (unpaired) electrons. The van der Waals surface area contributed by atoms with Crippen molar-refractivity contribution in [2.75, 3.05) is 26.5 Å². The number of carbonyl (C=O) groups excluding carboxylic acids is 2. The van der Waals surface area contributed by atoms with E-state index in [4.69, 9.17) is 14.2 Å². The minimum atomic E-state index is -0.745. The van der Waals surface area contributed by atoms with E-state index in [9.17, 15) is 9.59 Å². The molecule has 31 heavy (non-hydrogen) atoms. The average Bonchev–Trinajstić information content (AvgIpc) is 3.27. The molecule has 6 heteroatoms.